The van der Waals surface area contributed by atoms with Crippen molar-refractivity contribution in [3.63, 3.8) is 0 Å². The van der Waals surface area contributed by atoms with E-state index in [1.807, 2.05) is 27.7 Å². The number of carbonyl (C=O) groups excluding carboxylic acids is 1. The standard InChI is InChI=1S/C13H18BNO4/c1-12(2)13(3,4)19-14(18-12)11-9(7-16)5-6-15-10(11)8-17/h5-6,8,16H,7H2,1-4H3. The number of aliphatic hydroxyl groups is 1. The molecule has 0 amide bonds. The Balaban J connectivity index is 2.47. The Hall–Kier alpha value is -1.24. The predicted molar refractivity (Wildman–Crippen MR) is 71.3 cm³/mol. The number of aromatic nitrogens is 1. The van der Waals surface area contributed by atoms with Gasteiger partial charge in [-0.1, -0.05) is 0 Å². The Labute approximate surface area is 113 Å². The van der Waals surface area contributed by atoms with Crippen molar-refractivity contribution in [3.05, 3.63) is 23.5 Å². The van der Waals surface area contributed by atoms with Crippen LogP contribution in [-0.2, 0) is 15.9 Å². The largest absolute Gasteiger partial charge is 0.497 e. The molecule has 102 valence electrons. The SMILES string of the molecule is CC1(C)OB(c2c(CO)ccnc2C=O)OC1(C)C. The number of hydrogen-bond donors (Lipinski definition) is 1. The average molecular weight is 263 g/mol. The maximum atomic E-state index is 11.1. The van der Waals surface area contributed by atoms with Crippen LogP contribution >= 0.6 is 0 Å². The van der Waals surface area contributed by atoms with Crippen LogP contribution in [-0.4, -0.2) is 34.7 Å². The topological polar surface area (TPSA) is 68.7 Å². The van der Waals surface area contributed by atoms with Crippen molar-refractivity contribution < 1.29 is 19.2 Å². The molecule has 0 radical (unpaired) electrons. The molecule has 1 aromatic rings. The van der Waals surface area contributed by atoms with Gasteiger partial charge in [-0.3, -0.25) is 9.78 Å². The third kappa shape index (κ3) is 2.31. The number of aldehydes is 1. The van der Waals surface area contributed by atoms with Crippen LogP contribution in [0.25, 0.3) is 0 Å². The molecule has 0 aliphatic carbocycles. The summed E-state index contributed by atoms with van der Waals surface area (Å²) in [6.45, 7) is 7.54. The van der Waals surface area contributed by atoms with Crippen LogP contribution in [0.15, 0.2) is 12.3 Å². The molecule has 2 heterocycles. The highest BCUT2D eigenvalue weighted by Gasteiger charge is 2.52. The van der Waals surface area contributed by atoms with Gasteiger partial charge in [0.25, 0.3) is 0 Å². The van der Waals surface area contributed by atoms with Gasteiger partial charge in [0, 0.05) is 11.7 Å². The molecule has 1 saturated heterocycles. The molecule has 1 aliphatic heterocycles. The number of hydrogen-bond acceptors (Lipinski definition) is 5. The lowest BCUT2D eigenvalue weighted by Crippen LogP contribution is -2.41. The lowest BCUT2D eigenvalue weighted by Gasteiger charge is -2.32. The highest BCUT2D eigenvalue weighted by atomic mass is 16.7. The minimum atomic E-state index is -0.693. The van der Waals surface area contributed by atoms with Gasteiger partial charge in [-0.15, -0.1) is 0 Å². The lowest BCUT2D eigenvalue weighted by atomic mass is 9.75. The van der Waals surface area contributed by atoms with E-state index in [2.05, 4.69) is 4.98 Å². The monoisotopic (exact) mass is 263 g/mol. The minimum absolute atomic E-state index is 0.192. The Bertz CT molecular complexity index is 485. The predicted octanol–water partition coefficient (Wildman–Crippen LogP) is 0.686. The zero-order valence-corrected chi connectivity index (χ0v) is 11.6. The Morgan fingerprint density at radius 3 is 2.37 bits per heavy atom. The van der Waals surface area contributed by atoms with Crippen molar-refractivity contribution in [2.75, 3.05) is 0 Å². The van der Waals surface area contributed by atoms with Crippen LogP contribution in [0, 0.1) is 0 Å². The zero-order chi connectivity index (χ0) is 14.3. The average Bonchev–Trinajstić information content (AvgIpc) is 2.57. The van der Waals surface area contributed by atoms with Crippen LogP contribution in [0.1, 0.15) is 43.7 Å². The fraction of sp³-hybridized carbons (Fsp3) is 0.538. The first-order chi connectivity index (χ1) is 8.82. The number of aliphatic hydroxyl groups excluding tert-OH is 1. The van der Waals surface area contributed by atoms with Crippen molar-refractivity contribution in [1.82, 2.24) is 4.98 Å². The molecule has 0 saturated carbocycles. The normalized spacial score (nSPS) is 20.6. The van der Waals surface area contributed by atoms with Crippen LogP contribution in [0.3, 0.4) is 0 Å². The summed E-state index contributed by atoms with van der Waals surface area (Å²) in [6, 6.07) is 1.66. The third-order valence-electron chi connectivity index (χ3n) is 3.88. The highest BCUT2D eigenvalue weighted by molar-refractivity contribution is 6.63. The minimum Gasteiger partial charge on any atom is -0.399 e. The molecule has 5 nitrogen and oxygen atoms in total. The summed E-state index contributed by atoms with van der Waals surface area (Å²) in [5.41, 5.74) is 0.347. The van der Waals surface area contributed by atoms with Crippen molar-refractivity contribution in [2.45, 2.75) is 45.5 Å². The summed E-state index contributed by atoms with van der Waals surface area (Å²) in [4.78, 5) is 15.1. The fourth-order valence-corrected chi connectivity index (χ4v) is 2.00. The molecule has 2 rings (SSSR count). The van der Waals surface area contributed by atoms with Crippen molar-refractivity contribution in [2.24, 2.45) is 0 Å². The molecule has 1 N–H and O–H groups in total. The summed E-state index contributed by atoms with van der Waals surface area (Å²) in [5, 5.41) is 9.40. The number of pyridine rings is 1. The van der Waals surface area contributed by atoms with Crippen molar-refractivity contribution in [3.8, 4) is 0 Å². The van der Waals surface area contributed by atoms with Gasteiger partial charge in [-0.25, -0.2) is 0 Å². The van der Waals surface area contributed by atoms with E-state index < -0.39 is 18.3 Å². The van der Waals surface area contributed by atoms with Gasteiger partial charge in [0.1, 0.15) is 5.69 Å². The summed E-state index contributed by atoms with van der Waals surface area (Å²) in [6.07, 6.45) is 2.14. The van der Waals surface area contributed by atoms with E-state index in [1.165, 1.54) is 6.20 Å². The van der Waals surface area contributed by atoms with Gasteiger partial charge in [0.15, 0.2) is 6.29 Å². The third-order valence-corrected chi connectivity index (χ3v) is 3.88. The molecular weight excluding hydrogens is 245 g/mol. The van der Waals surface area contributed by atoms with Gasteiger partial charge in [-0.2, -0.15) is 0 Å². The molecule has 19 heavy (non-hydrogen) atoms. The second-order valence-corrected chi connectivity index (χ2v) is 5.63. The first-order valence-corrected chi connectivity index (χ1v) is 6.22. The fourth-order valence-electron chi connectivity index (χ4n) is 2.00. The molecule has 0 bridgehead atoms. The highest BCUT2D eigenvalue weighted by Crippen LogP contribution is 2.36. The van der Waals surface area contributed by atoms with E-state index in [0.717, 1.165) is 0 Å². The Morgan fingerprint density at radius 2 is 1.89 bits per heavy atom. The first-order valence-electron chi connectivity index (χ1n) is 6.22. The van der Waals surface area contributed by atoms with E-state index >= 15 is 0 Å². The zero-order valence-electron chi connectivity index (χ0n) is 11.6. The number of rotatable bonds is 3. The Kier molecular flexibility index (Phi) is 3.51. The van der Waals surface area contributed by atoms with E-state index in [9.17, 15) is 9.90 Å². The Morgan fingerprint density at radius 1 is 1.32 bits per heavy atom. The molecule has 0 atom stereocenters. The van der Waals surface area contributed by atoms with Crippen LogP contribution in [0.2, 0.25) is 0 Å². The van der Waals surface area contributed by atoms with Crippen molar-refractivity contribution >= 4 is 18.9 Å². The van der Waals surface area contributed by atoms with Gasteiger partial charge in [-0.05, 0) is 39.3 Å². The molecule has 0 aromatic carbocycles. The van der Waals surface area contributed by atoms with Gasteiger partial charge >= 0.3 is 7.12 Å². The molecular formula is C13H18BNO4. The first kappa shape index (κ1) is 14.2. The van der Waals surface area contributed by atoms with Gasteiger partial charge in [0.2, 0.25) is 0 Å². The molecule has 1 aliphatic rings. The van der Waals surface area contributed by atoms with Gasteiger partial charge in [0.05, 0.1) is 17.8 Å². The summed E-state index contributed by atoms with van der Waals surface area (Å²) in [7, 11) is -0.693. The van der Waals surface area contributed by atoms with E-state index in [4.69, 9.17) is 9.31 Å². The summed E-state index contributed by atoms with van der Waals surface area (Å²) in [5.74, 6) is 0. The molecule has 0 unspecified atom stereocenters. The second kappa shape index (κ2) is 4.70. The summed E-state index contributed by atoms with van der Waals surface area (Å²) < 4.78 is 11.8. The molecule has 0 spiro atoms. The van der Waals surface area contributed by atoms with Crippen molar-refractivity contribution in [1.29, 1.82) is 0 Å². The summed E-state index contributed by atoms with van der Waals surface area (Å²) >= 11 is 0. The smallest absolute Gasteiger partial charge is 0.399 e. The van der Waals surface area contributed by atoms with E-state index in [0.29, 0.717) is 17.3 Å². The quantitative estimate of drug-likeness (QED) is 0.641. The van der Waals surface area contributed by atoms with E-state index in [-0.39, 0.29) is 12.3 Å². The molecule has 1 fully saturated rings. The van der Waals surface area contributed by atoms with Crippen LogP contribution in [0.4, 0.5) is 0 Å². The van der Waals surface area contributed by atoms with Gasteiger partial charge < -0.3 is 14.4 Å². The van der Waals surface area contributed by atoms with E-state index in [1.54, 1.807) is 6.07 Å². The molecule has 1 aromatic heterocycles. The van der Waals surface area contributed by atoms with Crippen LogP contribution in [0.5, 0.6) is 0 Å². The maximum Gasteiger partial charge on any atom is 0.497 e. The second-order valence-electron chi connectivity index (χ2n) is 5.63. The number of carbonyl (C=O) groups is 1. The lowest BCUT2D eigenvalue weighted by molar-refractivity contribution is 0.00578. The molecule has 6 heteroatoms. The maximum absolute atomic E-state index is 11.1. The number of nitrogens with zero attached hydrogens (tertiary/aromatic N) is 1. The van der Waals surface area contributed by atoms with Crippen LogP contribution < -0.4 is 5.46 Å².